The predicted molar refractivity (Wildman–Crippen MR) is 95.9 cm³/mol. The molecule has 5 nitrogen and oxygen atoms in total. The molecule has 25 heavy (non-hydrogen) atoms. The highest BCUT2D eigenvalue weighted by atomic mass is 35.5. The van der Waals surface area contributed by atoms with Crippen LogP contribution in [0.1, 0.15) is 30.6 Å². The van der Waals surface area contributed by atoms with Gasteiger partial charge in [0.25, 0.3) is 5.91 Å². The van der Waals surface area contributed by atoms with Crippen molar-refractivity contribution in [3.63, 3.8) is 0 Å². The minimum atomic E-state index is -3.81. The Morgan fingerprint density at radius 1 is 1.20 bits per heavy atom. The summed E-state index contributed by atoms with van der Waals surface area (Å²) in [5.41, 5.74) is 0.196. The van der Waals surface area contributed by atoms with Crippen molar-refractivity contribution in [2.45, 2.75) is 31.2 Å². The molecule has 134 valence electrons. The first kappa shape index (κ1) is 19.4. The van der Waals surface area contributed by atoms with Crippen LogP contribution in [-0.4, -0.2) is 20.4 Å². The lowest BCUT2D eigenvalue weighted by Gasteiger charge is -2.13. The number of nitrogens with one attached hydrogen (secondary N) is 2. The fourth-order valence-corrected chi connectivity index (χ4v) is 3.44. The fraction of sp³-hybridized carbons (Fsp3) is 0.235. The Kier molecular flexibility index (Phi) is 6.16. The minimum absolute atomic E-state index is 0.109. The van der Waals surface area contributed by atoms with Crippen LogP contribution in [-0.2, 0) is 10.0 Å². The topological polar surface area (TPSA) is 75.3 Å². The average molecular weight is 385 g/mol. The van der Waals surface area contributed by atoms with Crippen LogP contribution in [0.15, 0.2) is 47.4 Å². The number of hydrogen-bond acceptors (Lipinski definition) is 3. The Labute approximate surface area is 151 Å². The third-order valence-electron chi connectivity index (χ3n) is 3.57. The lowest BCUT2D eigenvalue weighted by Crippen LogP contribution is -2.32. The van der Waals surface area contributed by atoms with E-state index in [0.717, 1.165) is 6.07 Å². The van der Waals surface area contributed by atoms with Crippen LogP contribution < -0.4 is 10.0 Å². The molecule has 0 aromatic heterocycles. The van der Waals surface area contributed by atoms with Gasteiger partial charge in [-0.05, 0) is 55.8 Å². The van der Waals surface area contributed by atoms with Crippen LogP contribution in [0.2, 0.25) is 5.02 Å². The SMILES string of the molecule is CC[C@H](C)NS(=O)(=O)c1ccc(NC(=O)c2ccc(Cl)cc2)c(F)c1. The molecule has 2 N–H and O–H groups in total. The fourth-order valence-electron chi connectivity index (χ4n) is 1.98. The van der Waals surface area contributed by atoms with Gasteiger partial charge in [0.1, 0.15) is 5.82 Å². The van der Waals surface area contributed by atoms with Crippen molar-refractivity contribution in [3.05, 3.63) is 58.9 Å². The van der Waals surface area contributed by atoms with E-state index in [1.165, 1.54) is 24.3 Å². The molecule has 2 aromatic rings. The van der Waals surface area contributed by atoms with Gasteiger partial charge in [0.15, 0.2) is 0 Å². The van der Waals surface area contributed by atoms with Crippen LogP contribution in [0.25, 0.3) is 0 Å². The molecule has 0 aliphatic rings. The maximum Gasteiger partial charge on any atom is 0.255 e. The second-order valence-corrected chi connectivity index (χ2v) is 7.68. The predicted octanol–water partition coefficient (Wildman–Crippen LogP) is 3.81. The quantitative estimate of drug-likeness (QED) is 0.795. The van der Waals surface area contributed by atoms with Gasteiger partial charge in [0.2, 0.25) is 10.0 Å². The molecule has 0 aliphatic carbocycles. The summed E-state index contributed by atoms with van der Waals surface area (Å²) >= 11 is 5.75. The third kappa shape index (κ3) is 5.01. The van der Waals surface area contributed by atoms with E-state index in [9.17, 15) is 17.6 Å². The first-order valence-corrected chi connectivity index (χ1v) is 9.48. The maximum atomic E-state index is 14.2. The molecule has 0 fully saturated rings. The van der Waals surface area contributed by atoms with Gasteiger partial charge in [-0.2, -0.15) is 0 Å². The van der Waals surface area contributed by atoms with Crippen molar-refractivity contribution in [1.82, 2.24) is 4.72 Å². The third-order valence-corrected chi connectivity index (χ3v) is 5.41. The van der Waals surface area contributed by atoms with Gasteiger partial charge in [-0.3, -0.25) is 4.79 Å². The van der Waals surface area contributed by atoms with Crippen LogP contribution in [0.3, 0.4) is 0 Å². The van der Waals surface area contributed by atoms with Crippen LogP contribution in [0.4, 0.5) is 10.1 Å². The largest absolute Gasteiger partial charge is 0.319 e. The smallest absolute Gasteiger partial charge is 0.255 e. The summed E-state index contributed by atoms with van der Waals surface area (Å²) < 4.78 is 41.0. The van der Waals surface area contributed by atoms with Crippen molar-refractivity contribution in [2.75, 3.05) is 5.32 Å². The van der Waals surface area contributed by atoms with Gasteiger partial charge in [-0.15, -0.1) is 0 Å². The summed E-state index contributed by atoms with van der Waals surface area (Å²) in [6, 6.07) is 9.17. The number of anilines is 1. The molecule has 0 spiro atoms. The van der Waals surface area contributed by atoms with Crippen molar-refractivity contribution in [2.24, 2.45) is 0 Å². The van der Waals surface area contributed by atoms with E-state index < -0.39 is 21.7 Å². The summed E-state index contributed by atoms with van der Waals surface area (Å²) in [4.78, 5) is 11.9. The number of halogens is 2. The summed E-state index contributed by atoms with van der Waals surface area (Å²) in [7, 11) is -3.81. The Bertz CT molecular complexity index is 870. The maximum absolute atomic E-state index is 14.2. The molecule has 8 heteroatoms. The number of carbonyl (C=O) groups is 1. The van der Waals surface area contributed by atoms with Crippen molar-refractivity contribution in [3.8, 4) is 0 Å². The van der Waals surface area contributed by atoms with Crippen LogP contribution >= 0.6 is 11.6 Å². The summed E-state index contributed by atoms with van der Waals surface area (Å²) in [6.45, 7) is 3.55. The second-order valence-electron chi connectivity index (χ2n) is 5.53. The molecule has 0 saturated carbocycles. The summed E-state index contributed by atoms with van der Waals surface area (Å²) in [6.07, 6.45) is 0.608. The van der Waals surface area contributed by atoms with E-state index in [4.69, 9.17) is 11.6 Å². The second kappa shape index (κ2) is 7.95. The monoisotopic (exact) mass is 384 g/mol. The Balaban J connectivity index is 2.19. The van der Waals surface area contributed by atoms with Gasteiger partial charge < -0.3 is 5.32 Å². The average Bonchev–Trinajstić information content (AvgIpc) is 2.56. The summed E-state index contributed by atoms with van der Waals surface area (Å²) in [5.74, 6) is -1.36. The van der Waals surface area contributed by atoms with Gasteiger partial charge >= 0.3 is 0 Å². The van der Waals surface area contributed by atoms with Gasteiger partial charge in [0.05, 0.1) is 10.6 Å². The highest BCUT2D eigenvalue weighted by Crippen LogP contribution is 2.20. The molecule has 0 unspecified atom stereocenters. The summed E-state index contributed by atoms with van der Waals surface area (Å²) in [5, 5.41) is 2.88. The van der Waals surface area contributed by atoms with Gasteiger partial charge in [-0.1, -0.05) is 18.5 Å². The molecule has 0 heterocycles. The molecular formula is C17H18ClFN2O3S. The molecule has 0 bridgehead atoms. The van der Waals surface area contributed by atoms with E-state index in [1.807, 2.05) is 6.92 Å². The standard InChI is InChI=1S/C17H18ClFN2O3S/c1-3-11(2)21-25(23,24)14-8-9-16(15(19)10-14)20-17(22)12-4-6-13(18)7-5-12/h4-11,21H,3H2,1-2H3,(H,20,22)/t11-/m0/s1. The molecule has 0 aliphatic heterocycles. The number of sulfonamides is 1. The lowest BCUT2D eigenvalue weighted by molar-refractivity contribution is 0.102. The number of hydrogen-bond donors (Lipinski definition) is 2. The van der Waals surface area contributed by atoms with E-state index in [0.29, 0.717) is 17.0 Å². The highest BCUT2D eigenvalue weighted by molar-refractivity contribution is 7.89. The molecular weight excluding hydrogens is 367 g/mol. The normalized spacial score (nSPS) is 12.6. The van der Waals surface area contributed by atoms with E-state index in [2.05, 4.69) is 10.0 Å². The molecule has 0 saturated heterocycles. The van der Waals surface area contributed by atoms with Crippen LogP contribution in [0, 0.1) is 5.82 Å². The van der Waals surface area contributed by atoms with E-state index >= 15 is 0 Å². The molecule has 0 radical (unpaired) electrons. The lowest BCUT2D eigenvalue weighted by atomic mass is 10.2. The first-order valence-electron chi connectivity index (χ1n) is 7.61. The number of benzene rings is 2. The van der Waals surface area contributed by atoms with Crippen molar-refractivity contribution < 1.29 is 17.6 Å². The number of rotatable bonds is 6. The zero-order chi connectivity index (χ0) is 18.6. The minimum Gasteiger partial charge on any atom is -0.319 e. The van der Waals surface area contributed by atoms with E-state index in [1.54, 1.807) is 19.1 Å². The first-order chi connectivity index (χ1) is 11.7. The number of carbonyl (C=O) groups excluding carboxylic acids is 1. The molecule has 1 amide bonds. The van der Waals surface area contributed by atoms with Crippen molar-refractivity contribution >= 4 is 33.2 Å². The zero-order valence-corrected chi connectivity index (χ0v) is 15.3. The Morgan fingerprint density at radius 3 is 2.40 bits per heavy atom. The Hall–Kier alpha value is -1.96. The van der Waals surface area contributed by atoms with Crippen LogP contribution in [0.5, 0.6) is 0 Å². The zero-order valence-electron chi connectivity index (χ0n) is 13.7. The molecule has 1 atom stereocenters. The van der Waals surface area contributed by atoms with Gasteiger partial charge in [0, 0.05) is 16.6 Å². The Morgan fingerprint density at radius 2 is 1.84 bits per heavy atom. The van der Waals surface area contributed by atoms with Gasteiger partial charge in [-0.25, -0.2) is 17.5 Å². The highest BCUT2D eigenvalue weighted by Gasteiger charge is 2.19. The molecule has 2 aromatic carbocycles. The number of amides is 1. The van der Waals surface area contributed by atoms with E-state index in [-0.39, 0.29) is 16.6 Å². The van der Waals surface area contributed by atoms with Crippen molar-refractivity contribution in [1.29, 1.82) is 0 Å². The molecule has 2 rings (SSSR count).